The van der Waals surface area contributed by atoms with Gasteiger partial charge < -0.3 is 10.2 Å². The summed E-state index contributed by atoms with van der Waals surface area (Å²) in [6.07, 6.45) is 0.863. The van der Waals surface area contributed by atoms with Crippen molar-refractivity contribution in [3.05, 3.63) is 59.6 Å². The zero-order valence-electron chi connectivity index (χ0n) is 15.5. The summed E-state index contributed by atoms with van der Waals surface area (Å²) in [5.41, 5.74) is 1.92. The summed E-state index contributed by atoms with van der Waals surface area (Å²) < 4.78 is 1.57. The molecule has 146 valence electrons. The molecular weight excluding hydrogens is 396 g/mol. The second kappa shape index (κ2) is 10.1. The number of rotatable bonds is 9. The third kappa shape index (κ3) is 5.71. The fraction of sp³-hybridized carbons (Fsp3) is 0.263. The van der Waals surface area contributed by atoms with E-state index in [1.807, 2.05) is 37.4 Å². The van der Waals surface area contributed by atoms with Crippen LogP contribution in [0.25, 0.3) is 5.69 Å². The van der Waals surface area contributed by atoms with Crippen LogP contribution in [0.3, 0.4) is 0 Å². The van der Waals surface area contributed by atoms with Gasteiger partial charge in [-0.2, -0.15) is 4.68 Å². The monoisotopic (exact) mass is 416 g/mol. The van der Waals surface area contributed by atoms with Crippen molar-refractivity contribution in [2.24, 2.45) is 0 Å². The van der Waals surface area contributed by atoms with Gasteiger partial charge in [-0.05, 0) is 47.2 Å². The van der Waals surface area contributed by atoms with E-state index in [4.69, 9.17) is 11.6 Å². The Hall–Kier alpha value is -2.58. The molecule has 3 rings (SSSR count). The number of hydrogen-bond acceptors (Lipinski definition) is 6. The molecule has 0 aliphatic carbocycles. The number of hydrogen-bond donors (Lipinski definition) is 1. The highest BCUT2D eigenvalue weighted by Crippen LogP contribution is 2.20. The van der Waals surface area contributed by atoms with E-state index in [2.05, 4.69) is 37.9 Å². The van der Waals surface area contributed by atoms with E-state index in [9.17, 15) is 4.79 Å². The smallest absolute Gasteiger partial charge is 0.230 e. The fourth-order valence-corrected chi connectivity index (χ4v) is 3.48. The maximum absolute atomic E-state index is 12.1. The lowest BCUT2D eigenvalue weighted by Gasteiger charge is -2.19. The highest BCUT2D eigenvalue weighted by molar-refractivity contribution is 7.99. The zero-order chi connectivity index (χ0) is 19.8. The molecule has 2 aromatic carbocycles. The van der Waals surface area contributed by atoms with Crippen LogP contribution in [0.15, 0.2) is 59.8 Å². The number of carbonyl (C=O) groups excluding carboxylic acids is 1. The molecule has 1 heterocycles. The second-order valence-corrected chi connectivity index (χ2v) is 7.48. The first-order chi connectivity index (χ1) is 13.6. The summed E-state index contributed by atoms with van der Waals surface area (Å²) in [6.45, 7) is 1.49. The average Bonchev–Trinajstić information content (AvgIpc) is 3.19. The number of aromatic nitrogens is 4. The van der Waals surface area contributed by atoms with Crippen molar-refractivity contribution >= 4 is 35.0 Å². The molecule has 0 spiro atoms. The van der Waals surface area contributed by atoms with Gasteiger partial charge in [-0.25, -0.2) is 0 Å². The van der Waals surface area contributed by atoms with E-state index >= 15 is 0 Å². The zero-order valence-corrected chi connectivity index (χ0v) is 17.0. The maximum atomic E-state index is 12.1. The van der Waals surface area contributed by atoms with Gasteiger partial charge in [-0.15, -0.1) is 5.10 Å². The van der Waals surface area contributed by atoms with Gasteiger partial charge >= 0.3 is 0 Å². The van der Waals surface area contributed by atoms with E-state index in [-0.39, 0.29) is 11.7 Å². The summed E-state index contributed by atoms with van der Waals surface area (Å²) in [7, 11) is 2.04. The molecule has 0 bridgehead atoms. The quantitative estimate of drug-likeness (QED) is 0.427. The van der Waals surface area contributed by atoms with Crippen LogP contribution in [0, 0.1) is 0 Å². The van der Waals surface area contributed by atoms with Crippen LogP contribution >= 0.6 is 23.4 Å². The highest BCUT2D eigenvalue weighted by atomic mass is 35.5. The van der Waals surface area contributed by atoms with Gasteiger partial charge in [0, 0.05) is 30.8 Å². The van der Waals surface area contributed by atoms with E-state index < -0.39 is 0 Å². The lowest BCUT2D eigenvalue weighted by molar-refractivity contribution is -0.118. The van der Waals surface area contributed by atoms with Crippen molar-refractivity contribution < 1.29 is 4.79 Å². The molecule has 1 aromatic heterocycles. The lowest BCUT2D eigenvalue weighted by atomic mass is 10.3. The molecule has 0 saturated carbocycles. The van der Waals surface area contributed by atoms with Crippen molar-refractivity contribution in [2.75, 3.05) is 30.8 Å². The number of carbonyl (C=O) groups is 1. The maximum Gasteiger partial charge on any atom is 0.230 e. The van der Waals surface area contributed by atoms with Crippen LogP contribution in [0.2, 0.25) is 5.02 Å². The summed E-state index contributed by atoms with van der Waals surface area (Å²) >= 11 is 7.30. The van der Waals surface area contributed by atoms with E-state index in [0.717, 1.165) is 24.3 Å². The molecule has 1 amide bonds. The first-order valence-corrected chi connectivity index (χ1v) is 10.2. The van der Waals surface area contributed by atoms with Crippen molar-refractivity contribution in [1.82, 2.24) is 25.5 Å². The first kappa shape index (κ1) is 20.2. The number of amides is 1. The second-order valence-electron chi connectivity index (χ2n) is 6.10. The third-order valence-electron chi connectivity index (χ3n) is 4.02. The van der Waals surface area contributed by atoms with E-state index in [1.54, 1.807) is 16.8 Å². The number of tetrazole rings is 1. The van der Waals surface area contributed by atoms with Gasteiger partial charge in [-0.1, -0.05) is 47.6 Å². The molecule has 3 aromatic rings. The summed E-state index contributed by atoms with van der Waals surface area (Å²) in [6, 6.07) is 17.4. The van der Waals surface area contributed by atoms with Gasteiger partial charge in [0.05, 0.1) is 11.4 Å². The van der Waals surface area contributed by atoms with Gasteiger partial charge in [0.25, 0.3) is 0 Å². The topological polar surface area (TPSA) is 75.9 Å². The van der Waals surface area contributed by atoms with Crippen molar-refractivity contribution in [1.29, 1.82) is 0 Å². The molecule has 0 atom stereocenters. The molecule has 0 fully saturated rings. The Balaban J connectivity index is 1.41. The van der Waals surface area contributed by atoms with Crippen molar-refractivity contribution in [3.8, 4) is 5.69 Å². The van der Waals surface area contributed by atoms with Crippen LogP contribution in [0.4, 0.5) is 5.69 Å². The first-order valence-electron chi connectivity index (χ1n) is 8.83. The lowest BCUT2D eigenvalue weighted by Crippen LogP contribution is -2.29. The van der Waals surface area contributed by atoms with E-state index in [1.165, 1.54) is 11.8 Å². The van der Waals surface area contributed by atoms with Gasteiger partial charge in [0.2, 0.25) is 11.1 Å². The Kier molecular flexibility index (Phi) is 7.27. The summed E-state index contributed by atoms with van der Waals surface area (Å²) in [5, 5.41) is 15.7. The predicted octanol–water partition coefficient (Wildman–Crippen LogP) is 3.05. The van der Waals surface area contributed by atoms with Gasteiger partial charge in [-0.3, -0.25) is 4.79 Å². The molecule has 9 heteroatoms. The Bertz CT molecular complexity index is 904. The van der Waals surface area contributed by atoms with Crippen molar-refractivity contribution in [3.63, 3.8) is 0 Å². The molecule has 0 radical (unpaired) electrons. The Labute approximate surface area is 173 Å². The minimum Gasteiger partial charge on any atom is -0.375 e. The molecule has 0 unspecified atom stereocenters. The number of halogens is 1. The number of nitrogens with zero attached hydrogens (tertiary/aromatic N) is 5. The molecule has 0 aliphatic heterocycles. The molecule has 7 nitrogen and oxygen atoms in total. The Morgan fingerprint density at radius 2 is 2.04 bits per heavy atom. The highest BCUT2D eigenvalue weighted by Gasteiger charge is 2.11. The van der Waals surface area contributed by atoms with Crippen LogP contribution < -0.4 is 10.2 Å². The van der Waals surface area contributed by atoms with Crippen LogP contribution in [0.1, 0.15) is 6.42 Å². The van der Waals surface area contributed by atoms with Crippen LogP contribution in [0.5, 0.6) is 0 Å². The molecule has 28 heavy (non-hydrogen) atoms. The SMILES string of the molecule is CN(CCCNC(=O)CSc1nnnn1-c1cccc(Cl)c1)c1ccccc1. The predicted molar refractivity (Wildman–Crippen MR) is 112 cm³/mol. The van der Waals surface area contributed by atoms with Gasteiger partial charge in [0.15, 0.2) is 0 Å². The molecule has 0 aliphatic rings. The molecule has 0 saturated heterocycles. The number of benzene rings is 2. The Morgan fingerprint density at radius 1 is 1.21 bits per heavy atom. The summed E-state index contributed by atoms with van der Waals surface area (Å²) in [5.74, 6) is 0.197. The standard InChI is InChI=1S/C19H21ClN6OS/c1-25(16-8-3-2-4-9-16)12-6-11-21-18(27)14-28-19-22-23-24-26(19)17-10-5-7-15(20)13-17/h2-5,7-10,13H,6,11-12,14H2,1H3,(H,21,27). The number of thioether (sulfide) groups is 1. The minimum absolute atomic E-state index is 0.0481. The number of anilines is 1. The third-order valence-corrected chi connectivity index (χ3v) is 5.17. The number of nitrogens with one attached hydrogen (secondary N) is 1. The minimum atomic E-state index is -0.0481. The largest absolute Gasteiger partial charge is 0.375 e. The van der Waals surface area contributed by atoms with Crippen LogP contribution in [-0.2, 0) is 4.79 Å². The number of para-hydroxylation sites is 1. The Morgan fingerprint density at radius 3 is 2.82 bits per heavy atom. The fourth-order valence-electron chi connectivity index (χ4n) is 2.58. The normalized spacial score (nSPS) is 10.6. The molecule has 1 N–H and O–H groups in total. The summed E-state index contributed by atoms with van der Waals surface area (Å²) in [4.78, 5) is 14.3. The molecular formula is C19H21ClN6OS. The van der Waals surface area contributed by atoms with E-state index in [0.29, 0.717) is 16.7 Å². The van der Waals surface area contributed by atoms with Crippen molar-refractivity contribution in [2.45, 2.75) is 11.6 Å². The van der Waals surface area contributed by atoms with Crippen LogP contribution in [-0.4, -0.2) is 52.0 Å². The average molecular weight is 417 g/mol. The van der Waals surface area contributed by atoms with Gasteiger partial charge in [0.1, 0.15) is 0 Å².